The number of rotatable bonds is 8. The smallest absolute Gasteiger partial charge is 0.333 e. The molecule has 1 aliphatic heterocycles. The summed E-state index contributed by atoms with van der Waals surface area (Å²) in [5.41, 5.74) is 0.899. The van der Waals surface area contributed by atoms with Gasteiger partial charge in [0.15, 0.2) is 0 Å². The number of carbonyl (C=O) groups is 3. The summed E-state index contributed by atoms with van der Waals surface area (Å²) >= 11 is 2.91. The van der Waals surface area contributed by atoms with Gasteiger partial charge in [-0.1, -0.05) is 23.9 Å². The first-order chi connectivity index (χ1) is 13.0. The summed E-state index contributed by atoms with van der Waals surface area (Å²) in [6.45, 7) is 2.22. The van der Waals surface area contributed by atoms with Gasteiger partial charge in [0.25, 0.3) is 0 Å². The standard InChI is InChI=1S/C19H21NO5S2/c1-3-24-19(23)12-17-20(16(21)13-27-17)10-11-25-18(22)9-6-14-4-7-15(26-2)8-5-14/h4-9,12H,3,10-11,13H2,1-2H3/b9-6+,17-12-. The first kappa shape index (κ1) is 21.1. The molecule has 1 fully saturated rings. The second kappa shape index (κ2) is 10.8. The third kappa shape index (κ3) is 6.80. The Morgan fingerprint density at radius 2 is 1.96 bits per heavy atom. The van der Waals surface area contributed by atoms with Crippen LogP contribution < -0.4 is 0 Å². The van der Waals surface area contributed by atoms with Gasteiger partial charge < -0.3 is 14.4 Å². The highest BCUT2D eigenvalue weighted by atomic mass is 32.2. The third-order valence-electron chi connectivity index (χ3n) is 3.53. The van der Waals surface area contributed by atoms with Gasteiger partial charge in [-0.05, 0) is 37.0 Å². The Labute approximate surface area is 167 Å². The van der Waals surface area contributed by atoms with E-state index in [4.69, 9.17) is 9.47 Å². The normalized spacial score (nSPS) is 15.6. The summed E-state index contributed by atoms with van der Waals surface area (Å²) in [5.74, 6) is -0.854. The maximum atomic E-state index is 11.9. The van der Waals surface area contributed by atoms with Crippen molar-refractivity contribution >= 4 is 47.4 Å². The number of hydrogen-bond donors (Lipinski definition) is 0. The topological polar surface area (TPSA) is 72.9 Å². The van der Waals surface area contributed by atoms with Gasteiger partial charge in [-0.3, -0.25) is 4.79 Å². The fourth-order valence-corrected chi connectivity index (χ4v) is 3.58. The van der Waals surface area contributed by atoms with Crippen LogP contribution in [0.3, 0.4) is 0 Å². The number of thioether (sulfide) groups is 2. The molecule has 0 bridgehead atoms. The average molecular weight is 408 g/mol. The number of esters is 2. The lowest BCUT2D eigenvalue weighted by Crippen LogP contribution is -2.29. The molecular formula is C19H21NO5S2. The Hall–Kier alpha value is -2.19. The number of benzene rings is 1. The van der Waals surface area contributed by atoms with Gasteiger partial charge in [-0.2, -0.15) is 0 Å². The van der Waals surface area contributed by atoms with Gasteiger partial charge in [0, 0.05) is 11.0 Å². The predicted octanol–water partition coefficient (Wildman–Crippen LogP) is 2.94. The van der Waals surface area contributed by atoms with Crippen molar-refractivity contribution in [2.75, 3.05) is 31.8 Å². The van der Waals surface area contributed by atoms with Crippen LogP contribution in [0.1, 0.15) is 12.5 Å². The van der Waals surface area contributed by atoms with Gasteiger partial charge in [-0.25, -0.2) is 9.59 Å². The molecule has 1 heterocycles. The molecule has 1 aromatic rings. The molecule has 27 heavy (non-hydrogen) atoms. The van der Waals surface area contributed by atoms with E-state index in [-0.39, 0.29) is 31.4 Å². The summed E-state index contributed by atoms with van der Waals surface area (Å²) in [6.07, 6.45) is 6.32. The second-order valence-electron chi connectivity index (χ2n) is 5.34. The van der Waals surface area contributed by atoms with Crippen molar-refractivity contribution in [3.8, 4) is 0 Å². The quantitative estimate of drug-likeness (QED) is 0.373. The Morgan fingerprint density at radius 3 is 2.63 bits per heavy atom. The molecule has 0 radical (unpaired) electrons. The summed E-state index contributed by atoms with van der Waals surface area (Å²) in [6, 6.07) is 7.79. The van der Waals surface area contributed by atoms with Gasteiger partial charge in [0.2, 0.25) is 5.91 Å². The zero-order chi connectivity index (χ0) is 19.6. The van der Waals surface area contributed by atoms with E-state index in [1.165, 1.54) is 28.8 Å². The highest BCUT2D eigenvalue weighted by Gasteiger charge is 2.27. The van der Waals surface area contributed by atoms with Crippen LogP contribution in [0.25, 0.3) is 6.08 Å². The maximum absolute atomic E-state index is 11.9. The van der Waals surface area contributed by atoms with E-state index in [1.54, 1.807) is 24.8 Å². The van der Waals surface area contributed by atoms with Crippen LogP contribution in [-0.2, 0) is 23.9 Å². The monoisotopic (exact) mass is 407 g/mol. The van der Waals surface area contributed by atoms with Gasteiger partial charge >= 0.3 is 11.9 Å². The molecule has 1 aromatic carbocycles. The van der Waals surface area contributed by atoms with Crippen LogP contribution in [0.2, 0.25) is 0 Å². The van der Waals surface area contributed by atoms with Crippen molar-refractivity contribution < 1.29 is 23.9 Å². The molecule has 6 nitrogen and oxygen atoms in total. The summed E-state index contributed by atoms with van der Waals surface area (Å²) in [7, 11) is 0. The van der Waals surface area contributed by atoms with Gasteiger partial charge in [-0.15, -0.1) is 11.8 Å². The van der Waals surface area contributed by atoms with Crippen molar-refractivity contribution in [1.82, 2.24) is 4.90 Å². The van der Waals surface area contributed by atoms with E-state index in [1.807, 2.05) is 30.5 Å². The summed E-state index contributed by atoms with van der Waals surface area (Å²) < 4.78 is 10.00. The number of hydrogen-bond acceptors (Lipinski definition) is 7. The minimum absolute atomic E-state index is 0.0427. The highest BCUT2D eigenvalue weighted by molar-refractivity contribution is 8.04. The number of ether oxygens (including phenoxy) is 2. The van der Waals surface area contributed by atoms with E-state index >= 15 is 0 Å². The number of amides is 1. The van der Waals surface area contributed by atoms with Crippen LogP contribution in [0, 0.1) is 0 Å². The van der Waals surface area contributed by atoms with E-state index in [2.05, 4.69) is 0 Å². The van der Waals surface area contributed by atoms with Crippen molar-refractivity contribution in [2.45, 2.75) is 11.8 Å². The number of carbonyl (C=O) groups excluding carboxylic acids is 3. The van der Waals surface area contributed by atoms with Crippen LogP contribution in [-0.4, -0.2) is 54.5 Å². The Bertz CT molecular complexity index is 743. The zero-order valence-electron chi connectivity index (χ0n) is 15.2. The molecule has 144 valence electrons. The van der Waals surface area contributed by atoms with E-state index in [9.17, 15) is 14.4 Å². The zero-order valence-corrected chi connectivity index (χ0v) is 16.8. The first-order valence-electron chi connectivity index (χ1n) is 8.34. The molecule has 0 N–H and O–H groups in total. The Morgan fingerprint density at radius 1 is 1.22 bits per heavy atom. The molecule has 0 spiro atoms. The van der Waals surface area contributed by atoms with E-state index in [0.717, 1.165) is 10.5 Å². The lowest BCUT2D eigenvalue weighted by molar-refractivity contribution is -0.140. The molecule has 8 heteroatoms. The minimum atomic E-state index is -0.493. The van der Waals surface area contributed by atoms with Crippen molar-refractivity contribution in [3.63, 3.8) is 0 Å². The second-order valence-corrected chi connectivity index (χ2v) is 7.22. The number of nitrogens with zero attached hydrogens (tertiary/aromatic N) is 1. The molecule has 0 unspecified atom stereocenters. The molecule has 1 amide bonds. The van der Waals surface area contributed by atoms with Crippen molar-refractivity contribution in [2.24, 2.45) is 0 Å². The van der Waals surface area contributed by atoms with Crippen LogP contribution in [0.4, 0.5) is 0 Å². The molecule has 0 aliphatic carbocycles. The van der Waals surface area contributed by atoms with Gasteiger partial charge in [0.1, 0.15) is 6.61 Å². The fraction of sp³-hybridized carbons (Fsp3) is 0.316. The molecule has 2 rings (SSSR count). The molecule has 1 saturated heterocycles. The van der Waals surface area contributed by atoms with Crippen molar-refractivity contribution in [3.05, 3.63) is 47.0 Å². The predicted molar refractivity (Wildman–Crippen MR) is 107 cm³/mol. The van der Waals surface area contributed by atoms with Crippen LogP contribution >= 0.6 is 23.5 Å². The molecule has 0 aromatic heterocycles. The molecule has 1 aliphatic rings. The van der Waals surface area contributed by atoms with Crippen LogP contribution in [0.5, 0.6) is 0 Å². The SMILES string of the molecule is CCOC(=O)/C=C1\SCC(=O)N1CCOC(=O)/C=C/c1ccc(SC)cc1. The maximum Gasteiger partial charge on any atom is 0.333 e. The molecule has 0 saturated carbocycles. The summed E-state index contributed by atoms with van der Waals surface area (Å²) in [4.78, 5) is 37.9. The Kier molecular flexibility index (Phi) is 8.47. The van der Waals surface area contributed by atoms with Crippen LogP contribution in [0.15, 0.2) is 46.3 Å². The minimum Gasteiger partial charge on any atom is -0.463 e. The lowest BCUT2D eigenvalue weighted by atomic mass is 10.2. The molecular weight excluding hydrogens is 386 g/mol. The molecule has 0 atom stereocenters. The highest BCUT2D eigenvalue weighted by Crippen LogP contribution is 2.28. The van der Waals surface area contributed by atoms with E-state index < -0.39 is 11.9 Å². The fourth-order valence-electron chi connectivity index (χ4n) is 2.22. The largest absolute Gasteiger partial charge is 0.463 e. The van der Waals surface area contributed by atoms with E-state index in [0.29, 0.717) is 5.03 Å². The average Bonchev–Trinajstić information content (AvgIpc) is 3.00. The third-order valence-corrected chi connectivity index (χ3v) is 5.29. The Balaban J connectivity index is 1.82. The van der Waals surface area contributed by atoms with Gasteiger partial charge in [0.05, 0.1) is 30.0 Å². The lowest BCUT2D eigenvalue weighted by Gasteiger charge is -2.16. The first-order valence-corrected chi connectivity index (χ1v) is 10.5. The summed E-state index contributed by atoms with van der Waals surface area (Å²) in [5, 5.41) is 0.513. The van der Waals surface area contributed by atoms with Crippen molar-refractivity contribution in [1.29, 1.82) is 0 Å².